The van der Waals surface area contributed by atoms with Crippen LogP contribution in [0.4, 0.5) is 18.9 Å². The molecule has 0 saturated carbocycles. The molecule has 0 aliphatic rings. The third kappa shape index (κ3) is 2.20. The first-order valence-corrected chi connectivity index (χ1v) is 4.81. The van der Waals surface area contributed by atoms with Crippen molar-refractivity contribution in [2.24, 2.45) is 0 Å². The summed E-state index contributed by atoms with van der Waals surface area (Å²) in [5.74, 6) is 0. The minimum Gasteiger partial charge on any atom is -0.398 e. The normalized spacial score (nSPS) is 11.9. The Morgan fingerprint density at radius 2 is 1.93 bits per heavy atom. The zero-order valence-electron chi connectivity index (χ0n) is 8.37. The molecule has 0 aromatic heterocycles. The molecule has 5 heteroatoms. The van der Waals surface area contributed by atoms with Gasteiger partial charge in [0.25, 0.3) is 0 Å². The van der Waals surface area contributed by atoms with Crippen molar-refractivity contribution in [3.63, 3.8) is 0 Å². The van der Waals surface area contributed by atoms with Crippen molar-refractivity contribution in [2.75, 3.05) is 5.73 Å². The fourth-order valence-electron chi connectivity index (χ4n) is 1.62. The molecule has 0 aliphatic heterocycles. The van der Waals surface area contributed by atoms with Gasteiger partial charge in [0.2, 0.25) is 0 Å². The highest BCUT2D eigenvalue weighted by molar-refractivity contribution is 6.34. The minimum absolute atomic E-state index is 0.00965. The van der Waals surface area contributed by atoms with E-state index in [0.717, 1.165) is 0 Å². The van der Waals surface area contributed by atoms with Crippen LogP contribution in [0.5, 0.6) is 0 Å². The summed E-state index contributed by atoms with van der Waals surface area (Å²) in [6.45, 7) is 3.00. The van der Waals surface area contributed by atoms with Gasteiger partial charge in [-0.2, -0.15) is 13.2 Å². The topological polar surface area (TPSA) is 26.0 Å². The summed E-state index contributed by atoms with van der Waals surface area (Å²) in [7, 11) is 0. The lowest BCUT2D eigenvalue weighted by atomic mass is 9.98. The number of anilines is 1. The molecule has 2 N–H and O–H groups in total. The molecule has 84 valence electrons. The second-order valence-corrected chi connectivity index (χ2v) is 3.68. The molecule has 15 heavy (non-hydrogen) atoms. The first-order chi connectivity index (χ1) is 6.79. The average Bonchev–Trinajstić information content (AvgIpc) is 2.08. The molecule has 0 heterocycles. The lowest BCUT2D eigenvalue weighted by Crippen LogP contribution is -2.12. The van der Waals surface area contributed by atoms with Crippen molar-refractivity contribution >= 4 is 17.3 Å². The average molecular weight is 238 g/mol. The van der Waals surface area contributed by atoms with Crippen LogP contribution in [0.2, 0.25) is 5.02 Å². The van der Waals surface area contributed by atoms with Crippen molar-refractivity contribution in [3.05, 3.63) is 27.8 Å². The van der Waals surface area contributed by atoms with Crippen LogP contribution in [-0.2, 0) is 12.6 Å². The number of aryl methyl sites for hydroxylation is 1. The molecule has 0 aliphatic carbocycles. The maximum Gasteiger partial charge on any atom is 0.416 e. The van der Waals surface area contributed by atoms with Crippen molar-refractivity contribution in [3.8, 4) is 0 Å². The van der Waals surface area contributed by atoms with E-state index in [1.807, 2.05) is 0 Å². The predicted molar refractivity (Wildman–Crippen MR) is 55.0 cm³/mol. The first kappa shape index (κ1) is 12.2. The standard InChI is InChI=1S/C10H11ClF3N/c1-3-6-8(10(12,13)14)5(2)4-7(15)9(6)11/h4H,3,15H2,1-2H3. The number of hydrogen-bond donors (Lipinski definition) is 1. The van der Waals surface area contributed by atoms with Gasteiger partial charge in [-0.05, 0) is 30.5 Å². The van der Waals surface area contributed by atoms with Crippen LogP contribution in [0, 0.1) is 6.92 Å². The van der Waals surface area contributed by atoms with E-state index >= 15 is 0 Å². The Bertz CT molecular complexity index is 385. The molecule has 1 rings (SSSR count). The highest BCUT2D eigenvalue weighted by atomic mass is 35.5. The van der Waals surface area contributed by atoms with E-state index < -0.39 is 11.7 Å². The van der Waals surface area contributed by atoms with Crippen molar-refractivity contribution in [1.82, 2.24) is 0 Å². The summed E-state index contributed by atoms with van der Waals surface area (Å²) in [5.41, 5.74) is 5.22. The molecule has 0 unspecified atom stereocenters. The molecule has 0 fully saturated rings. The molecule has 0 atom stereocenters. The summed E-state index contributed by atoms with van der Waals surface area (Å²) in [6.07, 6.45) is -4.17. The van der Waals surface area contributed by atoms with Gasteiger partial charge in [-0.1, -0.05) is 18.5 Å². The highest BCUT2D eigenvalue weighted by Gasteiger charge is 2.36. The van der Waals surface area contributed by atoms with Gasteiger partial charge in [0.15, 0.2) is 0 Å². The molecule has 1 aromatic carbocycles. The third-order valence-corrected chi connectivity index (χ3v) is 2.67. The maximum absolute atomic E-state index is 12.7. The molecule has 0 spiro atoms. The fourth-order valence-corrected chi connectivity index (χ4v) is 1.90. The Labute approximate surface area is 91.0 Å². The van der Waals surface area contributed by atoms with Crippen LogP contribution in [0.25, 0.3) is 0 Å². The molecule has 0 saturated heterocycles. The van der Waals surface area contributed by atoms with Crippen LogP contribution < -0.4 is 5.73 Å². The Balaban J connectivity index is 3.57. The van der Waals surface area contributed by atoms with E-state index in [1.54, 1.807) is 6.92 Å². The monoisotopic (exact) mass is 237 g/mol. The largest absolute Gasteiger partial charge is 0.416 e. The van der Waals surface area contributed by atoms with Crippen molar-refractivity contribution in [1.29, 1.82) is 0 Å². The number of halogens is 4. The summed E-state index contributed by atoms with van der Waals surface area (Å²) in [5, 5.41) is 0.00965. The van der Waals surface area contributed by atoms with E-state index in [-0.39, 0.29) is 28.3 Å². The van der Waals surface area contributed by atoms with Gasteiger partial charge in [0, 0.05) is 0 Å². The lowest BCUT2D eigenvalue weighted by molar-refractivity contribution is -0.138. The summed E-state index contributed by atoms with van der Waals surface area (Å²) >= 11 is 5.75. The number of alkyl halides is 3. The van der Waals surface area contributed by atoms with E-state index in [2.05, 4.69) is 0 Å². The smallest absolute Gasteiger partial charge is 0.398 e. The summed E-state index contributed by atoms with van der Waals surface area (Å²) in [4.78, 5) is 0. The molecule has 0 radical (unpaired) electrons. The molecule has 0 amide bonds. The quantitative estimate of drug-likeness (QED) is 0.739. The van der Waals surface area contributed by atoms with Crippen LogP contribution in [-0.4, -0.2) is 0 Å². The number of nitrogens with two attached hydrogens (primary N) is 1. The summed E-state index contributed by atoms with van der Waals surface area (Å²) < 4.78 is 38.1. The number of nitrogen functional groups attached to an aromatic ring is 1. The highest BCUT2D eigenvalue weighted by Crippen LogP contribution is 2.40. The van der Waals surface area contributed by atoms with Crippen molar-refractivity contribution < 1.29 is 13.2 Å². The van der Waals surface area contributed by atoms with E-state index in [9.17, 15) is 13.2 Å². The molecule has 0 bridgehead atoms. The number of benzene rings is 1. The zero-order chi connectivity index (χ0) is 11.8. The zero-order valence-corrected chi connectivity index (χ0v) is 9.13. The first-order valence-electron chi connectivity index (χ1n) is 4.43. The minimum atomic E-state index is -4.38. The number of hydrogen-bond acceptors (Lipinski definition) is 1. The Morgan fingerprint density at radius 3 is 2.33 bits per heavy atom. The third-order valence-electron chi connectivity index (χ3n) is 2.22. The lowest BCUT2D eigenvalue weighted by Gasteiger charge is -2.17. The molecule has 1 nitrogen and oxygen atoms in total. The molecule has 1 aromatic rings. The Morgan fingerprint density at radius 1 is 1.40 bits per heavy atom. The van der Waals surface area contributed by atoms with Crippen LogP contribution in [0.1, 0.15) is 23.6 Å². The van der Waals surface area contributed by atoms with Gasteiger partial charge in [-0.3, -0.25) is 0 Å². The summed E-state index contributed by atoms with van der Waals surface area (Å²) in [6, 6.07) is 1.25. The second kappa shape index (κ2) is 3.93. The second-order valence-electron chi connectivity index (χ2n) is 3.30. The van der Waals surface area contributed by atoms with Gasteiger partial charge >= 0.3 is 6.18 Å². The number of rotatable bonds is 1. The van der Waals surface area contributed by atoms with E-state index in [4.69, 9.17) is 17.3 Å². The van der Waals surface area contributed by atoms with Crippen molar-refractivity contribution in [2.45, 2.75) is 26.4 Å². The van der Waals surface area contributed by atoms with E-state index in [0.29, 0.717) is 0 Å². The predicted octanol–water partition coefficient (Wildman–Crippen LogP) is 3.81. The van der Waals surface area contributed by atoms with Gasteiger partial charge in [0.1, 0.15) is 0 Å². The van der Waals surface area contributed by atoms with Gasteiger partial charge in [0.05, 0.1) is 16.3 Å². The Kier molecular flexibility index (Phi) is 3.19. The van der Waals surface area contributed by atoms with Crippen LogP contribution >= 0.6 is 11.6 Å². The van der Waals surface area contributed by atoms with Crippen LogP contribution in [0.3, 0.4) is 0 Å². The Hall–Kier alpha value is -0.900. The van der Waals surface area contributed by atoms with E-state index in [1.165, 1.54) is 13.0 Å². The van der Waals surface area contributed by atoms with Gasteiger partial charge in [-0.15, -0.1) is 0 Å². The van der Waals surface area contributed by atoms with Gasteiger partial charge < -0.3 is 5.73 Å². The molecular weight excluding hydrogens is 227 g/mol. The van der Waals surface area contributed by atoms with Crippen LogP contribution in [0.15, 0.2) is 6.07 Å². The fraction of sp³-hybridized carbons (Fsp3) is 0.400. The van der Waals surface area contributed by atoms with Gasteiger partial charge in [-0.25, -0.2) is 0 Å². The SMILES string of the molecule is CCc1c(Cl)c(N)cc(C)c1C(F)(F)F. The molecular formula is C10H11ClF3N. The maximum atomic E-state index is 12.7.